The van der Waals surface area contributed by atoms with Gasteiger partial charge in [0.15, 0.2) is 0 Å². The SMILES string of the molecule is CCCCCCCCCCCCCCCCCCCCCCC#CC1=C(c2cc(CCCCCCCC)cc(CCCCCCCC)c2)[N+](=[N-])C(c2cc(CCCCCC)cc(CCCCCC)c2)=C1CCCCCC.[Pd]. The zero-order chi connectivity index (χ0) is 54.4. The number of unbranched alkanes of at least 4 members (excludes halogenated alkanes) is 39. The van der Waals surface area contributed by atoms with Crippen molar-refractivity contribution < 1.29 is 25.1 Å². The average Bonchev–Trinajstić information content (AvgIpc) is 3.73. The van der Waals surface area contributed by atoms with E-state index in [0.29, 0.717) is 0 Å². The van der Waals surface area contributed by atoms with E-state index in [0.717, 1.165) is 68.3 Å². The number of benzene rings is 2. The fourth-order valence-electron chi connectivity index (χ4n) is 12.0. The van der Waals surface area contributed by atoms with Gasteiger partial charge in [-0.1, -0.05) is 310 Å². The van der Waals surface area contributed by atoms with Crippen molar-refractivity contribution in [2.24, 2.45) is 0 Å². The number of rotatable bonds is 51. The molecule has 0 aromatic heterocycles. The number of hydrogen-bond acceptors (Lipinski definition) is 0. The van der Waals surface area contributed by atoms with Gasteiger partial charge in [-0.3, -0.25) is 0 Å². The van der Waals surface area contributed by atoms with Gasteiger partial charge in [0.05, 0.1) is 0 Å². The average molecular weight is 1150 g/mol. The first-order valence-electron chi connectivity index (χ1n) is 34.2. The monoisotopic (exact) mass is 1150 g/mol. The summed E-state index contributed by atoms with van der Waals surface area (Å²) in [5.41, 5.74) is 25.5. The first-order chi connectivity index (χ1) is 37.5. The molecule has 3 rings (SSSR count). The molecule has 3 heteroatoms. The Labute approximate surface area is 494 Å². The van der Waals surface area contributed by atoms with Crippen molar-refractivity contribution in [3.63, 3.8) is 0 Å². The molecular weight excluding hydrogens is 1020 g/mol. The third-order valence-corrected chi connectivity index (χ3v) is 16.8. The smallest absolute Gasteiger partial charge is 0.223 e. The van der Waals surface area contributed by atoms with Gasteiger partial charge in [-0.25, -0.2) is 4.70 Å². The van der Waals surface area contributed by atoms with Crippen LogP contribution in [0.2, 0.25) is 0 Å². The third kappa shape index (κ3) is 32.7. The second-order valence-electron chi connectivity index (χ2n) is 24.2. The van der Waals surface area contributed by atoms with Gasteiger partial charge in [-0.15, -0.1) is 0 Å². The van der Waals surface area contributed by atoms with Crippen LogP contribution in [0.25, 0.3) is 16.9 Å². The summed E-state index contributed by atoms with van der Waals surface area (Å²) in [5.74, 6) is 7.67. The summed E-state index contributed by atoms with van der Waals surface area (Å²) in [6, 6.07) is 14.9. The van der Waals surface area contributed by atoms with E-state index in [-0.39, 0.29) is 20.4 Å². The van der Waals surface area contributed by atoms with Crippen molar-refractivity contribution in [2.75, 3.05) is 0 Å². The van der Waals surface area contributed by atoms with Crippen LogP contribution in [0, 0.1) is 11.8 Å². The van der Waals surface area contributed by atoms with Crippen molar-refractivity contribution in [1.82, 2.24) is 0 Å². The van der Waals surface area contributed by atoms with E-state index in [4.69, 9.17) is 0 Å². The van der Waals surface area contributed by atoms with E-state index >= 15 is 0 Å². The minimum absolute atomic E-state index is 0. The van der Waals surface area contributed by atoms with Crippen LogP contribution in [0.5, 0.6) is 0 Å². The van der Waals surface area contributed by atoms with Crippen molar-refractivity contribution in [1.29, 1.82) is 0 Å². The number of nitrogens with zero attached hydrogens (tertiary/aromatic N) is 2. The summed E-state index contributed by atoms with van der Waals surface area (Å²) in [6.45, 7) is 13.9. The van der Waals surface area contributed by atoms with Crippen LogP contribution >= 0.6 is 0 Å². The number of hydrogen-bond donors (Lipinski definition) is 0. The Bertz CT molecular complexity index is 1820. The van der Waals surface area contributed by atoms with Crippen molar-refractivity contribution >= 4 is 11.4 Å². The molecule has 0 fully saturated rings. The van der Waals surface area contributed by atoms with Crippen molar-refractivity contribution in [2.45, 2.75) is 363 Å². The first-order valence-corrected chi connectivity index (χ1v) is 34.2. The van der Waals surface area contributed by atoms with Crippen LogP contribution in [0.15, 0.2) is 47.5 Å². The molecule has 0 spiro atoms. The summed E-state index contributed by atoms with van der Waals surface area (Å²) in [4.78, 5) is 0. The van der Waals surface area contributed by atoms with E-state index in [1.165, 1.54) is 309 Å². The molecule has 1 aliphatic rings. The molecule has 0 saturated heterocycles. The van der Waals surface area contributed by atoms with Gasteiger partial charge in [0.25, 0.3) is 0 Å². The summed E-state index contributed by atoms with van der Waals surface area (Å²) in [6.07, 6.45) is 65.0. The molecule has 0 radical (unpaired) electrons. The molecule has 1 aliphatic heterocycles. The molecule has 0 aliphatic carbocycles. The fourth-order valence-corrected chi connectivity index (χ4v) is 12.0. The van der Waals surface area contributed by atoms with Gasteiger partial charge in [-0.05, 0) is 117 Å². The maximum atomic E-state index is 13.1. The molecule has 0 saturated carbocycles. The second kappa shape index (κ2) is 49.5. The Morgan fingerprint density at radius 2 is 0.545 bits per heavy atom. The number of aryl methyl sites for hydroxylation is 4. The second-order valence-corrected chi connectivity index (χ2v) is 24.2. The van der Waals surface area contributed by atoms with Crippen LogP contribution < -0.4 is 0 Å². The minimum Gasteiger partial charge on any atom is -0.493 e. The van der Waals surface area contributed by atoms with E-state index in [1.54, 1.807) is 4.70 Å². The van der Waals surface area contributed by atoms with Gasteiger partial charge >= 0.3 is 0 Å². The molecule has 77 heavy (non-hydrogen) atoms. The molecule has 0 unspecified atom stereocenters. The van der Waals surface area contributed by atoms with Gasteiger partial charge < -0.3 is 5.53 Å². The maximum Gasteiger partial charge on any atom is 0.223 e. The van der Waals surface area contributed by atoms with Gasteiger partial charge in [0.1, 0.15) is 5.57 Å². The summed E-state index contributed by atoms with van der Waals surface area (Å²) in [5, 5.41) is 0. The molecule has 2 aromatic rings. The number of allylic oxidation sites excluding steroid dienone is 2. The molecular formula is C74H124N2Pd. The zero-order valence-corrected chi connectivity index (χ0v) is 53.6. The quantitative estimate of drug-likeness (QED) is 0.0273. The summed E-state index contributed by atoms with van der Waals surface area (Å²) < 4.78 is 1.66. The zero-order valence-electron chi connectivity index (χ0n) is 52.0. The Morgan fingerprint density at radius 1 is 0.299 bits per heavy atom. The van der Waals surface area contributed by atoms with Crippen molar-refractivity contribution in [3.8, 4) is 11.8 Å². The van der Waals surface area contributed by atoms with E-state index < -0.39 is 0 Å². The normalized spacial score (nSPS) is 12.5. The van der Waals surface area contributed by atoms with Crippen LogP contribution in [0.1, 0.15) is 370 Å². The van der Waals surface area contributed by atoms with Crippen molar-refractivity contribution in [3.05, 3.63) is 86.5 Å². The molecule has 0 N–H and O–H groups in total. The standard InChI is InChI=1S/C74H124N2.Pd/c1-7-13-19-25-28-29-30-31-32-33-34-35-36-37-38-39-40-41-42-43-46-52-58-72-71(57-51-24-18-12-6)73(69-61-65(53-47-22-16-10-4)59-66(62-69)54-48-23-17-11-5)76(75)74(72)70-63-67(55-49-44-26-20-14-8-2)60-68(64-70)56-50-45-27-21-15-9-3;/h59-64H,7-51,53-57H2,1-6H3;. The Morgan fingerprint density at radius 3 is 0.857 bits per heavy atom. The van der Waals surface area contributed by atoms with Crippen LogP contribution in [-0.2, 0) is 46.1 Å². The topological polar surface area (TPSA) is 25.3 Å². The van der Waals surface area contributed by atoms with Crippen LogP contribution in [-0.4, -0.2) is 4.70 Å². The van der Waals surface area contributed by atoms with Gasteiger partial charge in [0, 0.05) is 43.5 Å². The van der Waals surface area contributed by atoms with E-state index in [9.17, 15) is 5.53 Å². The Kier molecular flexibility index (Phi) is 45.6. The molecule has 0 bridgehead atoms. The molecule has 0 amide bonds. The largest absolute Gasteiger partial charge is 0.493 e. The Hall–Kier alpha value is -2.26. The first kappa shape index (κ1) is 70.8. The minimum atomic E-state index is 0. The molecule has 440 valence electrons. The van der Waals surface area contributed by atoms with E-state index in [1.807, 2.05) is 0 Å². The van der Waals surface area contributed by atoms with Gasteiger partial charge in [-0.2, -0.15) is 0 Å². The Balaban J connectivity index is 0.0000203. The van der Waals surface area contributed by atoms with E-state index in [2.05, 4.69) is 89.8 Å². The van der Waals surface area contributed by atoms with Crippen LogP contribution in [0.3, 0.4) is 0 Å². The molecule has 2 aromatic carbocycles. The maximum absolute atomic E-state index is 13.1. The predicted molar refractivity (Wildman–Crippen MR) is 339 cm³/mol. The molecule has 2 nitrogen and oxygen atoms in total. The fraction of sp³-hybridized carbons (Fsp3) is 0.757. The molecule has 1 heterocycles. The molecule has 0 atom stereocenters. The summed E-state index contributed by atoms with van der Waals surface area (Å²) >= 11 is 0. The van der Waals surface area contributed by atoms with Crippen LogP contribution in [0.4, 0.5) is 0 Å². The predicted octanol–water partition coefficient (Wildman–Crippen LogP) is 25.1. The summed E-state index contributed by atoms with van der Waals surface area (Å²) in [7, 11) is 0. The van der Waals surface area contributed by atoms with Gasteiger partial charge in [0.2, 0.25) is 11.4 Å². The third-order valence-electron chi connectivity index (χ3n) is 16.8.